The molecule has 82 valence electrons. The lowest BCUT2D eigenvalue weighted by Gasteiger charge is -2.14. The summed E-state index contributed by atoms with van der Waals surface area (Å²) in [7, 11) is 0. The van der Waals surface area contributed by atoms with Gasteiger partial charge in [-0.3, -0.25) is 4.98 Å². The molecule has 1 aromatic rings. The van der Waals surface area contributed by atoms with E-state index in [0.29, 0.717) is 13.2 Å². The Labute approximate surface area is 94.0 Å². The highest BCUT2D eigenvalue weighted by molar-refractivity contribution is 6.21. The van der Waals surface area contributed by atoms with Crippen LogP contribution in [0.2, 0.25) is 0 Å². The molecule has 1 aliphatic rings. The number of aromatic nitrogens is 2. The predicted octanol–water partition coefficient (Wildman–Crippen LogP) is 1.51. The lowest BCUT2D eigenvalue weighted by molar-refractivity contribution is 0.196. The van der Waals surface area contributed by atoms with Crippen molar-refractivity contribution < 1.29 is 4.74 Å². The Kier molecular flexibility index (Phi) is 3.07. The largest absolute Gasteiger partial charge is 0.378 e. The maximum Gasteiger partial charge on any atom is 0.145 e. The minimum absolute atomic E-state index is 0.00779. The van der Waals surface area contributed by atoms with Gasteiger partial charge in [0.15, 0.2) is 0 Å². The fourth-order valence-electron chi connectivity index (χ4n) is 1.46. The first kappa shape index (κ1) is 10.6. The summed E-state index contributed by atoms with van der Waals surface area (Å²) < 4.78 is 5.25. The van der Waals surface area contributed by atoms with Crippen molar-refractivity contribution in [2.24, 2.45) is 0 Å². The number of nitrogens with one attached hydrogen (secondary N) is 1. The highest BCUT2D eigenvalue weighted by atomic mass is 35.5. The van der Waals surface area contributed by atoms with E-state index in [-0.39, 0.29) is 11.4 Å². The third kappa shape index (κ3) is 2.38. The van der Waals surface area contributed by atoms with Crippen molar-refractivity contribution in [2.75, 3.05) is 18.5 Å². The molecule has 2 atom stereocenters. The molecule has 2 rings (SSSR count). The fraction of sp³-hybridized carbons (Fsp3) is 0.600. The highest BCUT2D eigenvalue weighted by Gasteiger charge is 2.26. The maximum absolute atomic E-state index is 6.06. The Balaban J connectivity index is 2.07. The van der Waals surface area contributed by atoms with E-state index in [1.807, 2.05) is 13.8 Å². The van der Waals surface area contributed by atoms with Crippen LogP contribution in [0.1, 0.15) is 11.4 Å². The van der Waals surface area contributed by atoms with Crippen LogP contribution in [0.3, 0.4) is 0 Å². The molecule has 1 fully saturated rings. The van der Waals surface area contributed by atoms with E-state index in [9.17, 15) is 0 Å². The van der Waals surface area contributed by atoms with Gasteiger partial charge in [0.2, 0.25) is 0 Å². The molecule has 5 heteroatoms. The van der Waals surface area contributed by atoms with Crippen molar-refractivity contribution in [3.8, 4) is 0 Å². The summed E-state index contributed by atoms with van der Waals surface area (Å²) in [6.45, 7) is 5.10. The van der Waals surface area contributed by atoms with Crippen LogP contribution >= 0.6 is 11.6 Å². The predicted molar refractivity (Wildman–Crippen MR) is 59.4 cm³/mol. The van der Waals surface area contributed by atoms with Gasteiger partial charge >= 0.3 is 0 Å². The van der Waals surface area contributed by atoms with E-state index in [2.05, 4.69) is 15.3 Å². The Morgan fingerprint density at radius 1 is 1.40 bits per heavy atom. The normalized spacial score (nSPS) is 25.5. The van der Waals surface area contributed by atoms with Crippen molar-refractivity contribution >= 4 is 17.4 Å². The third-order valence-electron chi connectivity index (χ3n) is 2.54. The SMILES string of the molecule is Cc1ncc(NC2COCC2Cl)nc1C. The van der Waals surface area contributed by atoms with E-state index < -0.39 is 0 Å². The van der Waals surface area contributed by atoms with Crippen LogP contribution in [0.15, 0.2) is 6.20 Å². The summed E-state index contributed by atoms with van der Waals surface area (Å²) >= 11 is 6.06. The van der Waals surface area contributed by atoms with Crippen LogP contribution in [-0.4, -0.2) is 34.6 Å². The van der Waals surface area contributed by atoms with Gasteiger partial charge in [0.1, 0.15) is 5.82 Å². The molecular weight excluding hydrogens is 214 g/mol. The zero-order valence-electron chi connectivity index (χ0n) is 8.83. The molecule has 4 nitrogen and oxygen atoms in total. The molecule has 0 spiro atoms. The van der Waals surface area contributed by atoms with Crippen molar-refractivity contribution in [2.45, 2.75) is 25.3 Å². The second-order valence-electron chi connectivity index (χ2n) is 3.73. The molecule has 1 saturated heterocycles. The van der Waals surface area contributed by atoms with Gasteiger partial charge in [-0.2, -0.15) is 0 Å². The van der Waals surface area contributed by atoms with Gasteiger partial charge in [0, 0.05) is 0 Å². The van der Waals surface area contributed by atoms with Gasteiger partial charge in [0.05, 0.1) is 42.2 Å². The minimum Gasteiger partial charge on any atom is -0.378 e. The number of nitrogens with zero attached hydrogens (tertiary/aromatic N) is 2. The number of aryl methyl sites for hydroxylation is 2. The van der Waals surface area contributed by atoms with Crippen molar-refractivity contribution in [1.82, 2.24) is 9.97 Å². The Bertz CT molecular complexity index is 359. The Morgan fingerprint density at radius 2 is 2.20 bits per heavy atom. The van der Waals surface area contributed by atoms with Gasteiger partial charge in [-0.1, -0.05) is 0 Å². The zero-order valence-corrected chi connectivity index (χ0v) is 9.58. The molecule has 0 saturated carbocycles. The van der Waals surface area contributed by atoms with Crippen molar-refractivity contribution in [1.29, 1.82) is 0 Å². The summed E-state index contributed by atoms with van der Waals surface area (Å²) in [5.41, 5.74) is 1.88. The lowest BCUT2D eigenvalue weighted by atomic mass is 10.2. The van der Waals surface area contributed by atoms with Crippen LogP contribution in [0, 0.1) is 13.8 Å². The van der Waals surface area contributed by atoms with Gasteiger partial charge < -0.3 is 10.1 Å². The zero-order chi connectivity index (χ0) is 10.8. The van der Waals surface area contributed by atoms with Crippen LogP contribution in [0.4, 0.5) is 5.82 Å². The topological polar surface area (TPSA) is 47.0 Å². The molecule has 1 aliphatic heterocycles. The molecule has 0 amide bonds. The number of halogens is 1. The molecule has 15 heavy (non-hydrogen) atoms. The molecule has 2 unspecified atom stereocenters. The molecular formula is C10H14ClN3O. The lowest BCUT2D eigenvalue weighted by Crippen LogP contribution is -2.28. The summed E-state index contributed by atoms with van der Waals surface area (Å²) in [4.78, 5) is 8.62. The first-order chi connectivity index (χ1) is 7.16. The van der Waals surface area contributed by atoms with Crippen LogP contribution in [0.5, 0.6) is 0 Å². The van der Waals surface area contributed by atoms with Crippen molar-refractivity contribution in [3.63, 3.8) is 0 Å². The third-order valence-corrected chi connectivity index (χ3v) is 2.97. The van der Waals surface area contributed by atoms with Crippen LogP contribution in [0.25, 0.3) is 0 Å². The summed E-state index contributed by atoms with van der Waals surface area (Å²) in [5, 5.41) is 3.24. The average Bonchev–Trinajstić information content (AvgIpc) is 2.59. The number of alkyl halides is 1. The van der Waals surface area contributed by atoms with E-state index >= 15 is 0 Å². The Hall–Kier alpha value is -0.870. The number of hydrogen-bond acceptors (Lipinski definition) is 4. The number of ether oxygens (including phenoxy) is 1. The highest BCUT2D eigenvalue weighted by Crippen LogP contribution is 2.16. The molecule has 0 bridgehead atoms. The molecule has 0 aromatic carbocycles. The summed E-state index contributed by atoms with van der Waals surface area (Å²) in [6.07, 6.45) is 1.73. The van der Waals surface area contributed by atoms with E-state index in [4.69, 9.17) is 16.3 Å². The number of hydrogen-bond donors (Lipinski definition) is 1. The first-order valence-corrected chi connectivity index (χ1v) is 5.39. The smallest absolute Gasteiger partial charge is 0.145 e. The monoisotopic (exact) mass is 227 g/mol. The molecule has 0 radical (unpaired) electrons. The summed E-state index contributed by atoms with van der Waals surface area (Å²) in [5.74, 6) is 0.763. The standard InChI is InChI=1S/C10H14ClN3O/c1-6-7(2)13-10(3-12-6)14-9-5-15-4-8(9)11/h3,8-9H,4-5H2,1-2H3,(H,13,14). The fourth-order valence-corrected chi connectivity index (χ4v) is 1.69. The minimum atomic E-state index is 0.00779. The molecule has 1 N–H and O–H groups in total. The van der Waals surface area contributed by atoms with Crippen LogP contribution in [-0.2, 0) is 4.74 Å². The van der Waals surface area contributed by atoms with Gasteiger partial charge in [-0.15, -0.1) is 11.6 Å². The summed E-state index contributed by atoms with van der Waals surface area (Å²) in [6, 6.07) is 0.128. The van der Waals surface area contributed by atoms with E-state index in [0.717, 1.165) is 17.2 Å². The quantitative estimate of drug-likeness (QED) is 0.779. The number of anilines is 1. The van der Waals surface area contributed by atoms with E-state index in [1.54, 1.807) is 6.20 Å². The molecule has 2 heterocycles. The first-order valence-electron chi connectivity index (χ1n) is 4.95. The van der Waals surface area contributed by atoms with E-state index in [1.165, 1.54) is 0 Å². The number of rotatable bonds is 2. The van der Waals surface area contributed by atoms with Gasteiger partial charge in [-0.05, 0) is 13.8 Å². The maximum atomic E-state index is 6.06. The molecule has 0 aliphatic carbocycles. The molecule has 1 aromatic heterocycles. The van der Waals surface area contributed by atoms with Gasteiger partial charge in [0.25, 0.3) is 0 Å². The van der Waals surface area contributed by atoms with Crippen molar-refractivity contribution in [3.05, 3.63) is 17.6 Å². The van der Waals surface area contributed by atoms with Gasteiger partial charge in [-0.25, -0.2) is 4.98 Å². The Morgan fingerprint density at radius 3 is 2.80 bits per heavy atom. The average molecular weight is 228 g/mol. The second kappa shape index (κ2) is 4.33. The second-order valence-corrected chi connectivity index (χ2v) is 4.29. The van der Waals surface area contributed by atoms with Crippen LogP contribution < -0.4 is 5.32 Å².